The van der Waals surface area contributed by atoms with Crippen LogP contribution in [0.1, 0.15) is 102 Å². The summed E-state index contributed by atoms with van der Waals surface area (Å²) in [5.41, 5.74) is 15.6. The van der Waals surface area contributed by atoms with Gasteiger partial charge in [0, 0.05) is 11.4 Å². The van der Waals surface area contributed by atoms with Crippen molar-refractivity contribution < 1.29 is 0 Å². The first-order valence-electron chi connectivity index (χ1n) is 10.6. The highest BCUT2D eigenvalue weighted by Gasteiger charge is 2.22. The highest BCUT2D eigenvalue weighted by molar-refractivity contribution is 5.51. The fourth-order valence-electron chi connectivity index (χ4n) is 4.62. The second-order valence-corrected chi connectivity index (χ2v) is 9.85. The molecule has 1 heteroatoms. The standard InChI is InChI=1S/C15H24.C12H19N/c1-9-10(2)12(4)14(15(6,7)8)13(5)11(9)3;1-7(2)12-9(4)8(3)10(5)13-11(12)6/h1-8H3;7H,1-6H3. The van der Waals surface area contributed by atoms with Gasteiger partial charge in [0.2, 0.25) is 0 Å². The van der Waals surface area contributed by atoms with Crippen LogP contribution in [0.4, 0.5) is 0 Å². The Morgan fingerprint density at radius 3 is 1.29 bits per heavy atom. The average molecular weight is 382 g/mol. The Labute approximate surface area is 175 Å². The van der Waals surface area contributed by atoms with Crippen LogP contribution >= 0.6 is 0 Å². The highest BCUT2D eigenvalue weighted by Crippen LogP contribution is 2.34. The summed E-state index contributed by atoms with van der Waals surface area (Å²) in [5.74, 6) is 0.576. The Hall–Kier alpha value is -1.63. The van der Waals surface area contributed by atoms with E-state index in [9.17, 15) is 0 Å². The van der Waals surface area contributed by atoms with E-state index in [1.807, 2.05) is 0 Å². The molecule has 2 rings (SSSR count). The minimum Gasteiger partial charge on any atom is -0.258 e. The molecule has 156 valence electrons. The molecule has 2 aromatic rings. The van der Waals surface area contributed by atoms with Crippen molar-refractivity contribution in [3.63, 3.8) is 0 Å². The summed E-state index contributed by atoms with van der Waals surface area (Å²) in [6, 6.07) is 0. The molecule has 0 unspecified atom stereocenters. The van der Waals surface area contributed by atoms with E-state index in [1.165, 1.54) is 61.5 Å². The Bertz CT molecular complexity index is 832. The zero-order chi connectivity index (χ0) is 22.1. The lowest BCUT2D eigenvalue weighted by Crippen LogP contribution is -2.17. The van der Waals surface area contributed by atoms with E-state index in [2.05, 4.69) is 102 Å². The molecule has 0 aliphatic carbocycles. The quantitative estimate of drug-likeness (QED) is 0.488. The molecule has 0 aliphatic heterocycles. The van der Waals surface area contributed by atoms with Crippen LogP contribution in [0.2, 0.25) is 0 Å². The van der Waals surface area contributed by atoms with Crippen LogP contribution in [0.25, 0.3) is 0 Å². The largest absolute Gasteiger partial charge is 0.258 e. The van der Waals surface area contributed by atoms with E-state index in [0.717, 1.165) is 0 Å². The molecular formula is C27H43N. The molecule has 1 aromatic carbocycles. The molecule has 0 radical (unpaired) electrons. The van der Waals surface area contributed by atoms with Crippen LogP contribution in [0, 0.1) is 62.3 Å². The van der Waals surface area contributed by atoms with E-state index in [0.29, 0.717) is 5.92 Å². The Morgan fingerprint density at radius 1 is 0.536 bits per heavy atom. The first kappa shape index (κ1) is 24.4. The Morgan fingerprint density at radius 2 is 0.929 bits per heavy atom. The van der Waals surface area contributed by atoms with Crippen LogP contribution in [-0.2, 0) is 5.41 Å². The van der Waals surface area contributed by atoms with Gasteiger partial charge in [0.15, 0.2) is 0 Å². The maximum Gasteiger partial charge on any atom is 0.0413 e. The predicted octanol–water partition coefficient (Wildman–Crippen LogP) is 7.96. The molecule has 0 bridgehead atoms. The van der Waals surface area contributed by atoms with Crippen molar-refractivity contribution >= 4 is 0 Å². The monoisotopic (exact) mass is 381 g/mol. The van der Waals surface area contributed by atoms with Crippen LogP contribution in [0.5, 0.6) is 0 Å². The van der Waals surface area contributed by atoms with Gasteiger partial charge in [-0.15, -0.1) is 0 Å². The van der Waals surface area contributed by atoms with Gasteiger partial charge in [0.1, 0.15) is 0 Å². The summed E-state index contributed by atoms with van der Waals surface area (Å²) in [7, 11) is 0. The lowest BCUT2D eigenvalue weighted by atomic mass is 9.77. The summed E-state index contributed by atoms with van der Waals surface area (Å²) < 4.78 is 0. The second kappa shape index (κ2) is 8.80. The average Bonchev–Trinajstić information content (AvgIpc) is 2.55. The molecule has 28 heavy (non-hydrogen) atoms. The zero-order valence-electron chi connectivity index (χ0n) is 21.0. The molecule has 1 heterocycles. The molecule has 0 saturated carbocycles. The number of aryl methyl sites for hydroxylation is 2. The molecule has 0 N–H and O–H groups in total. The Balaban J connectivity index is 0.000000283. The maximum absolute atomic E-state index is 4.56. The van der Waals surface area contributed by atoms with Gasteiger partial charge in [0.05, 0.1) is 0 Å². The summed E-state index contributed by atoms with van der Waals surface area (Å²) in [5, 5.41) is 0. The van der Waals surface area contributed by atoms with Crippen molar-refractivity contribution in [3.05, 3.63) is 61.5 Å². The maximum atomic E-state index is 4.56. The second-order valence-electron chi connectivity index (χ2n) is 9.85. The van der Waals surface area contributed by atoms with Crippen molar-refractivity contribution in [1.82, 2.24) is 4.98 Å². The molecular weight excluding hydrogens is 338 g/mol. The minimum atomic E-state index is 0.247. The van der Waals surface area contributed by atoms with E-state index < -0.39 is 0 Å². The van der Waals surface area contributed by atoms with E-state index in [-0.39, 0.29) is 5.41 Å². The molecule has 0 amide bonds. The topological polar surface area (TPSA) is 12.9 Å². The molecule has 1 nitrogen and oxygen atoms in total. The molecule has 0 aliphatic rings. The lowest BCUT2D eigenvalue weighted by molar-refractivity contribution is 0.580. The number of rotatable bonds is 1. The van der Waals surface area contributed by atoms with Gasteiger partial charge in [-0.25, -0.2) is 0 Å². The van der Waals surface area contributed by atoms with Crippen LogP contribution in [-0.4, -0.2) is 4.98 Å². The van der Waals surface area contributed by atoms with Gasteiger partial charge in [-0.05, 0) is 124 Å². The van der Waals surface area contributed by atoms with Gasteiger partial charge in [-0.3, -0.25) is 4.98 Å². The highest BCUT2D eigenvalue weighted by atomic mass is 14.7. The number of nitrogens with zero attached hydrogens (tertiary/aromatic N) is 1. The van der Waals surface area contributed by atoms with Crippen molar-refractivity contribution in [2.75, 3.05) is 0 Å². The van der Waals surface area contributed by atoms with E-state index in [1.54, 1.807) is 0 Å². The third-order valence-electron chi connectivity index (χ3n) is 6.56. The molecule has 0 atom stereocenters. The van der Waals surface area contributed by atoms with Crippen molar-refractivity contribution in [1.29, 1.82) is 0 Å². The normalized spacial score (nSPS) is 11.5. The summed E-state index contributed by atoms with van der Waals surface area (Å²) in [6.45, 7) is 31.1. The lowest BCUT2D eigenvalue weighted by Gasteiger charge is -2.28. The first-order chi connectivity index (χ1) is 12.6. The SMILES string of the molecule is Cc1c(C)c(C)c(C(C)(C)C)c(C)c1C.Cc1nc(C)c(C(C)C)c(C)c1C. The van der Waals surface area contributed by atoms with Crippen molar-refractivity contribution in [2.45, 2.75) is 108 Å². The third kappa shape index (κ3) is 4.85. The van der Waals surface area contributed by atoms with Gasteiger partial charge >= 0.3 is 0 Å². The number of hydrogen-bond donors (Lipinski definition) is 0. The molecule has 0 spiro atoms. The number of hydrogen-bond acceptors (Lipinski definition) is 1. The van der Waals surface area contributed by atoms with Crippen LogP contribution < -0.4 is 0 Å². The van der Waals surface area contributed by atoms with Gasteiger partial charge in [0.25, 0.3) is 0 Å². The van der Waals surface area contributed by atoms with Gasteiger partial charge in [-0.1, -0.05) is 34.6 Å². The fraction of sp³-hybridized carbons (Fsp3) is 0.593. The number of pyridine rings is 1. The Kier molecular flexibility index (Phi) is 7.67. The van der Waals surface area contributed by atoms with E-state index in [4.69, 9.17) is 0 Å². The van der Waals surface area contributed by atoms with Crippen molar-refractivity contribution in [3.8, 4) is 0 Å². The summed E-state index contributed by atoms with van der Waals surface area (Å²) in [6.07, 6.45) is 0. The first-order valence-corrected chi connectivity index (χ1v) is 10.6. The van der Waals surface area contributed by atoms with Gasteiger partial charge < -0.3 is 0 Å². The third-order valence-corrected chi connectivity index (χ3v) is 6.56. The number of benzene rings is 1. The smallest absolute Gasteiger partial charge is 0.0413 e. The fourth-order valence-corrected chi connectivity index (χ4v) is 4.62. The molecule has 1 aromatic heterocycles. The number of aromatic nitrogens is 1. The summed E-state index contributed by atoms with van der Waals surface area (Å²) in [4.78, 5) is 4.56. The molecule has 0 saturated heterocycles. The molecule has 0 fully saturated rings. The van der Waals surface area contributed by atoms with Crippen molar-refractivity contribution in [2.24, 2.45) is 0 Å². The summed E-state index contributed by atoms with van der Waals surface area (Å²) >= 11 is 0. The van der Waals surface area contributed by atoms with E-state index >= 15 is 0 Å². The van der Waals surface area contributed by atoms with Crippen LogP contribution in [0.15, 0.2) is 0 Å². The van der Waals surface area contributed by atoms with Gasteiger partial charge in [-0.2, -0.15) is 0 Å². The predicted molar refractivity (Wildman–Crippen MR) is 126 cm³/mol. The zero-order valence-corrected chi connectivity index (χ0v) is 21.0. The minimum absolute atomic E-state index is 0.247. The van der Waals surface area contributed by atoms with Crippen LogP contribution in [0.3, 0.4) is 0 Å².